The van der Waals surface area contributed by atoms with Gasteiger partial charge < -0.3 is 14.6 Å². The first-order valence-corrected chi connectivity index (χ1v) is 7.44. The number of rotatable bonds is 3. The van der Waals surface area contributed by atoms with Gasteiger partial charge in [0.15, 0.2) is 11.5 Å². The predicted molar refractivity (Wildman–Crippen MR) is 80.2 cm³/mol. The highest BCUT2D eigenvalue weighted by Crippen LogP contribution is 2.33. The van der Waals surface area contributed by atoms with Gasteiger partial charge in [-0.25, -0.2) is 4.39 Å². The first-order valence-electron chi connectivity index (χ1n) is 6.64. The lowest BCUT2D eigenvalue weighted by atomic mass is 10.0. The van der Waals surface area contributed by atoms with Crippen LogP contribution in [0.4, 0.5) is 4.39 Å². The second-order valence-electron chi connectivity index (χ2n) is 4.90. The van der Waals surface area contributed by atoms with Gasteiger partial charge in [0, 0.05) is 10.9 Å². The van der Waals surface area contributed by atoms with E-state index in [9.17, 15) is 9.50 Å². The lowest BCUT2D eigenvalue weighted by Crippen LogP contribution is -2.15. The van der Waals surface area contributed by atoms with Gasteiger partial charge >= 0.3 is 0 Å². The summed E-state index contributed by atoms with van der Waals surface area (Å²) in [5.41, 5.74) is 1.45. The molecule has 1 N–H and O–H groups in total. The number of fused-ring (bicyclic) bond motifs is 1. The monoisotopic (exact) mass is 352 g/mol. The summed E-state index contributed by atoms with van der Waals surface area (Å²) in [6.07, 6.45) is -0.398. The van der Waals surface area contributed by atoms with E-state index in [0.717, 1.165) is 11.1 Å². The molecular formula is C16H14BrFO3. The number of ether oxygens (including phenoxy) is 2. The molecule has 1 aliphatic heterocycles. The fraction of sp³-hybridized carbons (Fsp3) is 0.250. The standard InChI is InChI=1S/C16H14BrFO3/c17-12-5-10(6-13(18)9-12)7-14(19)11-1-2-15-16(8-11)21-4-3-20-15/h1-2,5-6,8-9,14,19H,3-4,7H2. The van der Waals surface area contributed by atoms with Crippen LogP contribution in [0, 0.1) is 5.82 Å². The van der Waals surface area contributed by atoms with Crippen LogP contribution in [0.25, 0.3) is 0 Å². The smallest absolute Gasteiger partial charge is 0.161 e. The molecule has 0 amide bonds. The summed E-state index contributed by atoms with van der Waals surface area (Å²) < 4.78 is 25.0. The van der Waals surface area contributed by atoms with Crippen LogP contribution in [-0.4, -0.2) is 18.3 Å². The third kappa shape index (κ3) is 3.36. The Morgan fingerprint density at radius 1 is 1.10 bits per heavy atom. The molecule has 0 fully saturated rings. The Morgan fingerprint density at radius 3 is 2.62 bits per heavy atom. The predicted octanol–water partition coefficient (Wildman–Crippen LogP) is 3.64. The van der Waals surface area contributed by atoms with Crippen molar-refractivity contribution in [1.82, 2.24) is 0 Å². The molecule has 1 atom stereocenters. The Kier molecular flexibility index (Phi) is 4.12. The molecule has 1 aliphatic rings. The van der Waals surface area contributed by atoms with Crippen LogP contribution in [-0.2, 0) is 6.42 Å². The fourth-order valence-corrected chi connectivity index (χ4v) is 2.85. The van der Waals surface area contributed by atoms with E-state index in [1.54, 1.807) is 24.3 Å². The summed E-state index contributed by atoms with van der Waals surface area (Å²) in [5.74, 6) is 0.998. The van der Waals surface area contributed by atoms with Crippen molar-refractivity contribution in [1.29, 1.82) is 0 Å². The Labute approximate surface area is 130 Å². The topological polar surface area (TPSA) is 38.7 Å². The molecule has 5 heteroatoms. The van der Waals surface area contributed by atoms with Crippen molar-refractivity contribution < 1.29 is 19.0 Å². The first-order chi connectivity index (χ1) is 10.1. The Morgan fingerprint density at radius 2 is 1.86 bits per heavy atom. The van der Waals surface area contributed by atoms with Crippen LogP contribution < -0.4 is 9.47 Å². The molecule has 21 heavy (non-hydrogen) atoms. The maximum atomic E-state index is 13.4. The maximum absolute atomic E-state index is 13.4. The zero-order valence-corrected chi connectivity index (χ0v) is 12.8. The second kappa shape index (κ2) is 6.03. The van der Waals surface area contributed by atoms with E-state index in [0.29, 0.717) is 35.6 Å². The summed E-state index contributed by atoms with van der Waals surface area (Å²) in [5, 5.41) is 10.3. The van der Waals surface area contributed by atoms with Crippen molar-refractivity contribution >= 4 is 15.9 Å². The number of hydrogen-bond acceptors (Lipinski definition) is 3. The molecule has 0 aromatic heterocycles. The van der Waals surface area contributed by atoms with Crippen molar-refractivity contribution in [3.8, 4) is 11.5 Å². The first kappa shape index (κ1) is 14.4. The number of aliphatic hydroxyl groups excluding tert-OH is 1. The zero-order valence-electron chi connectivity index (χ0n) is 11.2. The van der Waals surface area contributed by atoms with E-state index in [2.05, 4.69) is 15.9 Å². The van der Waals surface area contributed by atoms with E-state index >= 15 is 0 Å². The van der Waals surface area contributed by atoms with Gasteiger partial charge in [0.05, 0.1) is 6.10 Å². The van der Waals surface area contributed by atoms with E-state index in [1.807, 2.05) is 0 Å². The Hall–Kier alpha value is -1.59. The second-order valence-corrected chi connectivity index (χ2v) is 5.82. The normalized spacial score (nSPS) is 14.8. The summed E-state index contributed by atoms with van der Waals surface area (Å²) in [6, 6.07) is 9.96. The minimum atomic E-state index is -0.727. The number of hydrogen-bond donors (Lipinski definition) is 1. The lowest BCUT2D eigenvalue weighted by molar-refractivity contribution is 0.164. The molecule has 2 aromatic rings. The van der Waals surface area contributed by atoms with Crippen molar-refractivity contribution in [2.24, 2.45) is 0 Å². The van der Waals surface area contributed by atoms with Crippen LogP contribution in [0.3, 0.4) is 0 Å². The van der Waals surface area contributed by atoms with E-state index in [4.69, 9.17) is 9.47 Å². The Balaban J connectivity index is 1.80. The van der Waals surface area contributed by atoms with Crippen molar-refractivity contribution in [2.45, 2.75) is 12.5 Å². The minimum Gasteiger partial charge on any atom is -0.486 e. The largest absolute Gasteiger partial charge is 0.486 e. The highest BCUT2D eigenvalue weighted by molar-refractivity contribution is 9.10. The highest BCUT2D eigenvalue weighted by Gasteiger charge is 2.16. The van der Waals surface area contributed by atoms with Gasteiger partial charge in [-0.3, -0.25) is 0 Å². The number of halogens is 2. The van der Waals surface area contributed by atoms with Crippen LogP contribution in [0.5, 0.6) is 11.5 Å². The molecule has 2 aromatic carbocycles. The molecule has 110 valence electrons. The van der Waals surface area contributed by atoms with Crippen molar-refractivity contribution in [2.75, 3.05) is 13.2 Å². The summed E-state index contributed by atoms with van der Waals surface area (Å²) in [6.45, 7) is 1.04. The molecule has 0 bridgehead atoms. The average Bonchev–Trinajstić information content (AvgIpc) is 2.45. The van der Waals surface area contributed by atoms with Gasteiger partial charge in [0.2, 0.25) is 0 Å². The zero-order chi connectivity index (χ0) is 14.8. The number of aliphatic hydroxyl groups is 1. The van der Waals surface area contributed by atoms with E-state index < -0.39 is 6.10 Å². The minimum absolute atomic E-state index is 0.325. The van der Waals surface area contributed by atoms with Gasteiger partial charge in [-0.15, -0.1) is 0 Å². The number of benzene rings is 2. The van der Waals surface area contributed by atoms with Gasteiger partial charge in [-0.1, -0.05) is 22.0 Å². The molecule has 0 aliphatic carbocycles. The Bertz CT molecular complexity index is 640. The fourth-order valence-electron chi connectivity index (χ4n) is 2.34. The molecule has 1 unspecified atom stereocenters. The van der Waals surface area contributed by atoms with Crippen LogP contribution in [0.2, 0.25) is 0 Å². The highest BCUT2D eigenvalue weighted by atomic mass is 79.9. The molecule has 0 radical (unpaired) electrons. The third-order valence-electron chi connectivity index (χ3n) is 3.30. The van der Waals surface area contributed by atoms with E-state index in [1.165, 1.54) is 12.1 Å². The van der Waals surface area contributed by atoms with Gasteiger partial charge in [-0.2, -0.15) is 0 Å². The molecular weight excluding hydrogens is 339 g/mol. The molecule has 3 rings (SSSR count). The third-order valence-corrected chi connectivity index (χ3v) is 3.76. The van der Waals surface area contributed by atoms with Gasteiger partial charge in [-0.05, 0) is 41.5 Å². The lowest BCUT2D eigenvalue weighted by Gasteiger charge is -2.20. The van der Waals surface area contributed by atoms with Crippen LogP contribution in [0.15, 0.2) is 40.9 Å². The van der Waals surface area contributed by atoms with Crippen molar-refractivity contribution in [3.05, 3.63) is 57.8 Å². The summed E-state index contributed by atoms with van der Waals surface area (Å²) >= 11 is 3.25. The van der Waals surface area contributed by atoms with Gasteiger partial charge in [0.25, 0.3) is 0 Å². The molecule has 3 nitrogen and oxygen atoms in total. The van der Waals surface area contributed by atoms with Crippen LogP contribution in [0.1, 0.15) is 17.2 Å². The summed E-state index contributed by atoms with van der Waals surface area (Å²) in [7, 11) is 0. The summed E-state index contributed by atoms with van der Waals surface area (Å²) in [4.78, 5) is 0. The molecule has 1 heterocycles. The molecule has 0 saturated carbocycles. The quantitative estimate of drug-likeness (QED) is 0.916. The van der Waals surface area contributed by atoms with Crippen LogP contribution >= 0.6 is 15.9 Å². The molecule has 0 spiro atoms. The maximum Gasteiger partial charge on any atom is 0.161 e. The average molecular weight is 353 g/mol. The SMILES string of the molecule is OC(Cc1cc(F)cc(Br)c1)c1ccc2c(c1)OCCO2. The molecule has 0 saturated heterocycles. The van der Waals surface area contributed by atoms with Crippen molar-refractivity contribution in [3.63, 3.8) is 0 Å². The van der Waals surface area contributed by atoms with Gasteiger partial charge in [0.1, 0.15) is 19.0 Å². The van der Waals surface area contributed by atoms with E-state index in [-0.39, 0.29) is 5.82 Å².